The molecule has 0 spiro atoms. The van der Waals surface area contributed by atoms with Crippen molar-refractivity contribution < 1.29 is 4.92 Å². The number of nitro benzene ring substituents is 1. The van der Waals surface area contributed by atoms with Gasteiger partial charge in [0, 0.05) is 22.0 Å². The number of nitro groups is 1. The second kappa shape index (κ2) is 4.20. The normalized spacial score (nSPS) is 10.4. The van der Waals surface area contributed by atoms with Gasteiger partial charge in [0.15, 0.2) is 0 Å². The van der Waals surface area contributed by atoms with Gasteiger partial charge in [0.2, 0.25) is 0 Å². The first kappa shape index (κ1) is 11.1. The van der Waals surface area contributed by atoms with Crippen LogP contribution in [-0.4, -0.2) is 14.5 Å². The smallest absolute Gasteiger partial charge is 0.294 e. The van der Waals surface area contributed by atoms with E-state index in [0.29, 0.717) is 5.69 Å². The molecule has 0 aliphatic rings. The molecule has 2 aromatic rings. The van der Waals surface area contributed by atoms with E-state index in [1.54, 1.807) is 29.1 Å². The van der Waals surface area contributed by atoms with Gasteiger partial charge in [-0.05, 0) is 41.6 Å². The molecule has 0 radical (unpaired) electrons. The van der Waals surface area contributed by atoms with Crippen LogP contribution in [0, 0.1) is 20.6 Å². The van der Waals surface area contributed by atoms with Crippen LogP contribution >= 0.6 is 22.6 Å². The predicted molar refractivity (Wildman–Crippen MR) is 67.7 cm³/mol. The van der Waals surface area contributed by atoms with Crippen LogP contribution in [0.4, 0.5) is 5.69 Å². The number of hydrogen-bond acceptors (Lipinski definition) is 3. The molecule has 0 fully saturated rings. The Morgan fingerprint density at radius 1 is 1.50 bits per heavy atom. The summed E-state index contributed by atoms with van der Waals surface area (Å²) < 4.78 is 2.54. The van der Waals surface area contributed by atoms with E-state index in [2.05, 4.69) is 27.6 Å². The largest absolute Gasteiger partial charge is 0.298 e. The number of imidazole rings is 1. The van der Waals surface area contributed by atoms with Crippen molar-refractivity contribution in [3.05, 3.63) is 50.1 Å². The first-order valence-electron chi connectivity index (χ1n) is 4.54. The summed E-state index contributed by atoms with van der Waals surface area (Å²) in [6.45, 7) is 1.81. The lowest BCUT2D eigenvalue weighted by atomic mass is 10.2. The molecule has 1 aromatic carbocycles. The monoisotopic (exact) mass is 329 g/mol. The Hall–Kier alpha value is -1.44. The summed E-state index contributed by atoms with van der Waals surface area (Å²) >= 11 is 2.05. The van der Waals surface area contributed by atoms with E-state index in [9.17, 15) is 10.1 Å². The molecule has 0 aliphatic carbocycles. The highest BCUT2D eigenvalue weighted by Crippen LogP contribution is 2.25. The summed E-state index contributed by atoms with van der Waals surface area (Å²) in [6.07, 6.45) is 3.33. The average Bonchev–Trinajstić information content (AvgIpc) is 2.64. The summed E-state index contributed by atoms with van der Waals surface area (Å²) in [7, 11) is 0. The van der Waals surface area contributed by atoms with Crippen molar-refractivity contribution in [3.8, 4) is 5.69 Å². The third kappa shape index (κ3) is 1.92. The van der Waals surface area contributed by atoms with Crippen molar-refractivity contribution in [2.24, 2.45) is 0 Å². The number of nitrogens with zero attached hydrogens (tertiary/aromatic N) is 3. The number of hydrogen-bond donors (Lipinski definition) is 0. The molecule has 82 valence electrons. The number of benzene rings is 1. The van der Waals surface area contributed by atoms with Gasteiger partial charge in [0.25, 0.3) is 5.69 Å². The zero-order valence-electron chi connectivity index (χ0n) is 8.42. The van der Waals surface area contributed by atoms with Gasteiger partial charge in [-0.15, -0.1) is 0 Å². The Bertz CT molecular complexity index is 551. The topological polar surface area (TPSA) is 61.0 Å². The Morgan fingerprint density at radius 2 is 2.25 bits per heavy atom. The Labute approximate surface area is 105 Å². The fraction of sp³-hybridized carbons (Fsp3) is 0.100. The highest BCUT2D eigenvalue weighted by atomic mass is 127. The average molecular weight is 329 g/mol. The van der Waals surface area contributed by atoms with E-state index < -0.39 is 0 Å². The molecule has 0 saturated heterocycles. The van der Waals surface area contributed by atoms with E-state index in [0.717, 1.165) is 9.39 Å². The summed E-state index contributed by atoms with van der Waals surface area (Å²) in [5.74, 6) is 0.726. The molecule has 0 bridgehead atoms. The Kier molecular flexibility index (Phi) is 2.90. The summed E-state index contributed by atoms with van der Waals surface area (Å²) in [5.41, 5.74) is 0.633. The molecule has 1 heterocycles. The van der Waals surface area contributed by atoms with E-state index in [4.69, 9.17) is 0 Å². The third-order valence-corrected chi connectivity index (χ3v) is 2.89. The van der Waals surface area contributed by atoms with E-state index in [1.807, 2.05) is 13.0 Å². The van der Waals surface area contributed by atoms with Gasteiger partial charge >= 0.3 is 0 Å². The van der Waals surface area contributed by atoms with Crippen LogP contribution in [0.1, 0.15) is 5.82 Å². The van der Waals surface area contributed by atoms with Gasteiger partial charge in [0.1, 0.15) is 11.5 Å². The molecule has 16 heavy (non-hydrogen) atoms. The maximum absolute atomic E-state index is 10.9. The van der Waals surface area contributed by atoms with Gasteiger partial charge in [-0.2, -0.15) is 0 Å². The van der Waals surface area contributed by atoms with E-state index in [1.165, 1.54) is 0 Å². The van der Waals surface area contributed by atoms with Crippen LogP contribution in [-0.2, 0) is 0 Å². The quantitative estimate of drug-likeness (QED) is 0.483. The van der Waals surface area contributed by atoms with Crippen LogP contribution < -0.4 is 0 Å². The lowest BCUT2D eigenvalue weighted by Crippen LogP contribution is -2.01. The van der Waals surface area contributed by atoms with Crippen molar-refractivity contribution in [2.45, 2.75) is 6.92 Å². The molecular weight excluding hydrogens is 321 g/mol. The first-order chi connectivity index (χ1) is 7.59. The summed E-state index contributed by atoms with van der Waals surface area (Å²) in [5, 5.41) is 10.9. The van der Waals surface area contributed by atoms with Crippen molar-refractivity contribution in [3.63, 3.8) is 0 Å². The van der Waals surface area contributed by atoms with Crippen LogP contribution in [0.3, 0.4) is 0 Å². The molecule has 6 heteroatoms. The fourth-order valence-electron chi connectivity index (χ4n) is 1.48. The molecule has 2 rings (SSSR count). The zero-order chi connectivity index (χ0) is 11.7. The Balaban J connectivity index is 2.65. The Morgan fingerprint density at radius 3 is 2.81 bits per heavy atom. The highest BCUT2D eigenvalue weighted by Gasteiger charge is 2.16. The van der Waals surface area contributed by atoms with E-state index in [-0.39, 0.29) is 10.6 Å². The molecule has 0 N–H and O–H groups in total. The van der Waals surface area contributed by atoms with Gasteiger partial charge in [-0.3, -0.25) is 14.7 Å². The molecule has 0 aliphatic heterocycles. The second-order valence-corrected chi connectivity index (χ2v) is 4.48. The molecule has 1 aromatic heterocycles. The minimum atomic E-state index is -0.378. The maximum atomic E-state index is 10.9. The first-order valence-corrected chi connectivity index (χ1v) is 5.62. The number of halogens is 1. The second-order valence-electron chi connectivity index (χ2n) is 3.23. The summed E-state index contributed by atoms with van der Waals surface area (Å²) in [4.78, 5) is 14.6. The predicted octanol–water partition coefficient (Wildman–Crippen LogP) is 2.69. The molecule has 0 amide bonds. The standard InChI is InChI=1S/C10H8IN3O2/c1-7-12-4-5-13(7)9-3-2-8(11)6-10(9)14(15)16/h2-6H,1H3. The van der Waals surface area contributed by atoms with Gasteiger partial charge < -0.3 is 0 Å². The van der Waals surface area contributed by atoms with Crippen molar-refractivity contribution in [2.75, 3.05) is 0 Å². The fourth-order valence-corrected chi connectivity index (χ4v) is 1.95. The van der Waals surface area contributed by atoms with Crippen LogP contribution in [0.15, 0.2) is 30.6 Å². The van der Waals surface area contributed by atoms with Gasteiger partial charge in [0.05, 0.1) is 4.92 Å². The van der Waals surface area contributed by atoms with Crippen molar-refractivity contribution in [1.82, 2.24) is 9.55 Å². The summed E-state index contributed by atoms with van der Waals surface area (Å²) in [6, 6.07) is 5.12. The van der Waals surface area contributed by atoms with Gasteiger partial charge in [-0.1, -0.05) is 0 Å². The van der Waals surface area contributed by atoms with E-state index >= 15 is 0 Å². The highest BCUT2D eigenvalue weighted by molar-refractivity contribution is 14.1. The number of rotatable bonds is 2. The molecule has 0 saturated carbocycles. The van der Waals surface area contributed by atoms with Crippen LogP contribution in [0.25, 0.3) is 5.69 Å². The van der Waals surface area contributed by atoms with Crippen molar-refractivity contribution in [1.29, 1.82) is 0 Å². The minimum Gasteiger partial charge on any atom is -0.298 e. The number of aryl methyl sites for hydroxylation is 1. The molecular formula is C10H8IN3O2. The zero-order valence-corrected chi connectivity index (χ0v) is 10.6. The SMILES string of the molecule is Cc1nccn1-c1ccc(I)cc1[N+](=O)[O-]. The van der Waals surface area contributed by atoms with Gasteiger partial charge in [-0.25, -0.2) is 4.98 Å². The molecule has 0 unspecified atom stereocenters. The molecule has 5 nitrogen and oxygen atoms in total. The lowest BCUT2D eigenvalue weighted by Gasteiger charge is -2.05. The van der Waals surface area contributed by atoms with Crippen LogP contribution in [0.2, 0.25) is 0 Å². The van der Waals surface area contributed by atoms with Crippen molar-refractivity contribution >= 4 is 28.3 Å². The maximum Gasteiger partial charge on any atom is 0.294 e. The minimum absolute atomic E-state index is 0.0907. The van der Waals surface area contributed by atoms with Crippen LogP contribution in [0.5, 0.6) is 0 Å². The molecule has 0 atom stereocenters. The number of aromatic nitrogens is 2. The lowest BCUT2D eigenvalue weighted by molar-refractivity contribution is -0.384. The third-order valence-electron chi connectivity index (χ3n) is 2.22.